The van der Waals surface area contributed by atoms with Gasteiger partial charge >= 0.3 is 0 Å². The number of aliphatic hydroxyl groups excluding tert-OH is 1. The van der Waals surface area contributed by atoms with E-state index >= 15 is 0 Å². The number of hydrogen-bond acceptors (Lipinski definition) is 7. The Balaban J connectivity index is 1.59. The van der Waals surface area contributed by atoms with Crippen LogP contribution in [0.25, 0.3) is 16.2 Å². The predicted octanol–water partition coefficient (Wildman–Crippen LogP) is 2.02. The lowest BCUT2D eigenvalue weighted by molar-refractivity contribution is 0.0321. The first-order valence-electron chi connectivity index (χ1n) is 8.45. The van der Waals surface area contributed by atoms with Crippen LogP contribution in [0.3, 0.4) is 0 Å². The van der Waals surface area contributed by atoms with Crippen molar-refractivity contribution in [3.63, 3.8) is 0 Å². The Kier molecular flexibility index (Phi) is 4.67. The molecule has 1 N–H and O–H groups in total. The number of ether oxygens (including phenoxy) is 1. The fraction of sp³-hybridized carbons (Fsp3) is 0.412. The minimum atomic E-state index is 0.0534. The first-order valence-corrected chi connectivity index (χ1v) is 9.26. The zero-order valence-electron chi connectivity index (χ0n) is 14.1. The zero-order valence-corrected chi connectivity index (χ0v) is 14.9. The summed E-state index contributed by atoms with van der Waals surface area (Å²) in [7, 11) is 0. The monoisotopic (exact) mass is 359 g/mol. The van der Waals surface area contributed by atoms with E-state index in [2.05, 4.69) is 16.9 Å². The second-order valence-electron chi connectivity index (χ2n) is 5.87. The van der Waals surface area contributed by atoms with Crippen LogP contribution < -0.4 is 5.01 Å². The SMILES string of the molecule is CCN(c1nn2cc(-c3ccc(CO)cc3)nc2s1)N1CCOCC1. The lowest BCUT2D eigenvalue weighted by Gasteiger charge is -2.36. The number of hydrogen-bond donors (Lipinski definition) is 1. The van der Waals surface area contributed by atoms with Gasteiger partial charge in [0, 0.05) is 25.2 Å². The van der Waals surface area contributed by atoms with Crippen molar-refractivity contribution in [1.82, 2.24) is 19.6 Å². The molecule has 1 aliphatic rings. The molecular weight excluding hydrogens is 338 g/mol. The van der Waals surface area contributed by atoms with Gasteiger partial charge in [0.05, 0.1) is 31.7 Å². The van der Waals surface area contributed by atoms with Gasteiger partial charge in [0.15, 0.2) is 0 Å². The summed E-state index contributed by atoms with van der Waals surface area (Å²) in [5, 5.41) is 19.3. The number of fused-ring (bicyclic) bond motifs is 1. The van der Waals surface area contributed by atoms with E-state index < -0.39 is 0 Å². The van der Waals surface area contributed by atoms with Crippen LogP contribution in [0.4, 0.5) is 5.13 Å². The van der Waals surface area contributed by atoms with Crippen LogP contribution in [0.15, 0.2) is 30.5 Å². The Morgan fingerprint density at radius 3 is 2.64 bits per heavy atom. The van der Waals surface area contributed by atoms with Gasteiger partial charge in [-0.3, -0.25) is 5.01 Å². The molecule has 3 aromatic rings. The highest BCUT2D eigenvalue weighted by molar-refractivity contribution is 7.20. The van der Waals surface area contributed by atoms with Gasteiger partial charge in [0.25, 0.3) is 0 Å². The zero-order chi connectivity index (χ0) is 17.2. The van der Waals surface area contributed by atoms with Crippen molar-refractivity contribution in [2.24, 2.45) is 0 Å². The minimum Gasteiger partial charge on any atom is -0.392 e. The molecule has 0 spiro atoms. The van der Waals surface area contributed by atoms with Crippen LogP contribution in [0.1, 0.15) is 12.5 Å². The molecule has 0 radical (unpaired) electrons. The lowest BCUT2D eigenvalue weighted by Crippen LogP contribution is -2.49. The Labute approximate surface area is 150 Å². The first-order chi connectivity index (χ1) is 12.3. The fourth-order valence-corrected chi connectivity index (χ4v) is 3.94. The van der Waals surface area contributed by atoms with Crippen molar-refractivity contribution in [3.05, 3.63) is 36.0 Å². The van der Waals surface area contributed by atoms with Crippen molar-refractivity contribution in [2.45, 2.75) is 13.5 Å². The third-order valence-electron chi connectivity index (χ3n) is 4.31. The van der Waals surface area contributed by atoms with Gasteiger partial charge in [0.2, 0.25) is 10.1 Å². The summed E-state index contributed by atoms with van der Waals surface area (Å²) in [6.07, 6.45) is 1.95. The van der Waals surface area contributed by atoms with Gasteiger partial charge in [-0.15, -0.1) is 5.10 Å². The number of hydrazine groups is 1. The predicted molar refractivity (Wildman–Crippen MR) is 97.6 cm³/mol. The summed E-state index contributed by atoms with van der Waals surface area (Å²) in [6, 6.07) is 7.79. The van der Waals surface area contributed by atoms with E-state index in [0.29, 0.717) is 0 Å². The van der Waals surface area contributed by atoms with Crippen LogP contribution in [0.2, 0.25) is 0 Å². The Morgan fingerprint density at radius 2 is 2.00 bits per heavy atom. The van der Waals surface area contributed by atoms with Crippen LogP contribution in [0, 0.1) is 0 Å². The molecule has 2 aromatic heterocycles. The van der Waals surface area contributed by atoms with Gasteiger partial charge in [-0.25, -0.2) is 14.5 Å². The molecule has 3 heterocycles. The van der Waals surface area contributed by atoms with Crippen LogP contribution in [-0.2, 0) is 11.3 Å². The number of anilines is 1. The molecule has 1 aromatic carbocycles. The number of nitrogens with zero attached hydrogens (tertiary/aromatic N) is 5. The summed E-state index contributed by atoms with van der Waals surface area (Å²) < 4.78 is 7.28. The van der Waals surface area contributed by atoms with Crippen molar-refractivity contribution in [2.75, 3.05) is 37.9 Å². The van der Waals surface area contributed by atoms with E-state index in [9.17, 15) is 0 Å². The highest BCUT2D eigenvalue weighted by Gasteiger charge is 2.21. The molecule has 132 valence electrons. The topological polar surface area (TPSA) is 66.1 Å². The molecule has 0 atom stereocenters. The lowest BCUT2D eigenvalue weighted by atomic mass is 10.1. The maximum Gasteiger partial charge on any atom is 0.222 e. The number of rotatable bonds is 5. The number of benzene rings is 1. The molecule has 0 amide bonds. The summed E-state index contributed by atoms with van der Waals surface area (Å²) in [6.45, 7) is 6.34. The van der Waals surface area contributed by atoms with E-state index in [1.807, 2.05) is 35.0 Å². The maximum atomic E-state index is 9.15. The van der Waals surface area contributed by atoms with Crippen molar-refractivity contribution in [1.29, 1.82) is 0 Å². The smallest absolute Gasteiger partial charge is 0.222 e. The fourth-order valence-electron chi connectivity index (χ4n) is 2.97. The van der Waals surface area contributed by atoms with Gasteiger partial charge < -0.3 is 9.84 Å². The normalized spacial score (nSPS) is 15.8. The Morgan fingerprint density at radius 1 is 1.24 bits per heavy atom. The molecule has 0 unspecified atom stereocenters. The molecule has 0 saturated carbocycles. The Bertz CT molecular complexity index is 807. The van der Waals surface area contributed by atoms with Crippen molar-refractivity contribution >= 4 is 21.4 Å². The molecule has 7 nitrogen and oxygen atoms in total. The highest BCUT2D eigenvalue weighted by atomic mass is 32.1. The Hall–Kier alpha value is -2.00. The average molecular weight is 359 g/mol. The molecule has 0 aliphatic carbocycles. The van der Waals surface area contributed by atoms with Gasteiger partial charge in [-0.1, -0.05) is 35.6 Å². The average Bonchev–Trinajstić information content (AvgIpc) is 3.22. The third-order valence-corrected chi connectivity index (χ3v) is 5.25. The second kappa shape index (κ2) is 7.09. The van der Waals surface area contributed by atoms with E-state index in [1.165, 1.54) is 0 Å². The number of morpholine rings is 1. The molecule has 0 bridgehead atoms. The molecule has 1 aliphatic heterocycles. The molecule has 4 rings (SSSR count). The number of aromatic nitrogens is 3. The molecule has 1 fully saturated rings. The first kappa shape index (κ1) is 16.5. The molecule has 8 heteroatoms. The summed E-state index contributed by atoms with van der Waals surface area (Å²) in [4.78, 5) is 5.59. The summed E-state index contributed by atoms with van der Waals surface area (Å²) in [5.41, 5.74) is 2.82. The van der Waals surface area contributed by atoms with Gasteiger partial charge in [0.1, 0.15) is 0 Å². The molecule has 25 heavy (non-hydrogen) atoms. The largest absolute Gasteiger partial charge is 0.392 e. The van der Waals surface area contributed by atoms with Crippen molar-refractivity contribution in [3.8, 4) is 11.3 Å². The van der Waals surface area contributed by atoms with E-state index in [4.69, 9.17) is 19.9 Å². The minimum absolute atomic E-state index is 0.0534. The van der Waals surface area contributed by atoms with E-state index in [1.54, 1.807) is 11.3 Å². The molecular formula is C17H21N5O2S. The number of imidazole rings is 1. The summed E-state index contributed by atoms with van der Waals surface area (Å²) in [5.74, 6) is 0. The maximum absolute atomic E-state index is 9.15. The van der Waals surface area contributed by atoms with Crippen molar-refractivity contribution < 1.29 is 9.84 Å². The van der Waals surface area contributed by atoms with Crippen LogP contribution in [-0.4, -0.2) is 57.6 Å². The van der Waals surface area contributed by atoms with Crippen LogP contribution >= 0.6 is 11.3 Å². The summed E-state index contributed by atoms with van der Waals surface area (Å²) >= 11 is 1.59. The van der Waals surface area contributed by atoms with Crippen LogP contribution in [0.5, 0.6) is 0 Å². The number of aliphatic hydroxyl groups is 1. The van der Waals surface area contributed by atoms with E-state index in [0.717, 1.165) is 59.8 Å². The van der Waals surface area contributed by atoms with Gasteiger partial charge in [-0.2, -0.15) is 0 Å². The highest BCUT2D eigenvalue weighted by Crippen LogP contribution is 2.28. The quantitative estimate of drug-likeness (QED) is 0.752. The third kappa shape index (κ3) is 3.25. The van der Waals surface area contributed by atoms with E-state index in [-0.39, 0.29) is 6.61 Å². The van der Waals surface area contributed by atoms with Gasteiger partial charge in [-0.05, 0) is 12.5 Å². The standard InChI is InChI=1S/C17H21N5O2S/c1-2-22(20-7-9-24-10-8-20)17-19-21-11-15(18-16(21)25-17)14-5-3-13(12-23)4-6-14/h3-6,11,23H,2,7-10,12H2,1H3. The molecule has 1 saturated heterocycles. The second-order valence-corrected chi connectivity index (χ2v) is 6.81.